The van der Waals surface area contributed by atoms with Crippen LogP contribution in [0.5, 0.6) is 0 Å². The fourth-order valence-corrected chi connectivity index (χ4v) is 8.60. The van der Waals surface area contributed by atoms with Crippen LogP contribution in [-0.2, 0) is 53.1 Å². The minimum Gasteiger partial charge on any atom is -0.399 e. The highest BCUT2D eigenvalue weighted by atomic mass is 79.9. The molecule has 0 spiro atoms. The number of aliphatic hydroxyl groups is 2. The molecule has 2 unspecified atom stereocenters. The van der Waals surface area contributed by atoms with Gasteiger partial charge in [-0.3, -0.25) is 24.0 Å². The standard InChI is InChI=1S/C16H14FN3O2.C14H18BFN2O2.C8H6BrFN2.C8H8BrNO2/c1-20-15-3-9(2-14(17)12(15)6-19-20)10-4-18-5-11-13(10)7-22-8-16(11)21;1-13(2)14(3,4)20-15(19-13)9-6-11(16)10-8-17-18(5)12(10)7-9;1-12-8-3-5(9)2-7(10)6(8)4-11-12;9-7-2-10-1-5-6(7)3-12-4-8(5)11/h2-6,16,21H,7-8H2,1H3;6-8H,1-5H3;2-4H,1H3;1-2,8,11H,3-4H2. The highest BCUT2D eigenvalue weighted by Crippen LogP contribution is 2.37. The van der Waals surface area contributed by atoms with Gasteiger partial charge in [-0.1, -0.05) is 15.9 Å². The summed E-state index contributed by atoms with van der Waals surface area (Å²) in [6.45, 7) is 9.47. The molecule has 0 bridgehead atoms. The van der Waals surface area contributed by atoms with E-state index in [-0.39, 0.29) is 24.1 Å². The number of aryl methyl sites for hydroxylation is 3. The number of rotatable bonds is 2. The molecule has 11 rings (SSSR count). The van der Waals surface area contributed by atoms with Crippen molar-refractivity contribution in [1.82, 2.24) is 39.3 Å². The first-order chi connectivity index (χ1) is 31.3. The van der Waals surface area contributed by atoms with E-state index in [4.69, 9.17) is 18.8 Å². The second kappa shape index (κ2) is 18.9. The van der Waals surface area contributed by atoms with Crippen LogP contribution < -0.4 is 5.46 Å². The second-order valence-electron chi connectivity index (χ2n) is 17.0. The summed E-state index contributed by atoms with van der Waals surface area (Å²) in [6, 6.07) is 9.96. The lowest BCUT2D eigenvalue weighted by molar-refractivity contribution is 0.00578. The van der Waals surface area contributed by atoms with Gasteiger partial charge in [0.05, 0.1) is 88.9 Å². The number of fused-ring (bicyclic) bond motifs is 5. The molecule has 0 radical (unpaired) electrons. The first-order valence-corrected chi connectivity index (χ1v) is 22.4. The van der Waals surface area contributed by atoms with Crippen LogP contribution in [0.25, 0.3) is 43.8 Å². The number of pyridine rings is 2. The van der Waals surface area contributed by atoms with Crippen LogP contribution in [0.2, 0.25) is 0 Å². The van der Waals surface area contributed by atoms with E-state index < -0.39 is 30.5 Å². The molecular formula is C46H46BBr2F3N8O6. The van der Waals surface area contributed by atoms with E-state index in [0.717, 1.165) is 47.8 Å². The average Bonchev–Trinajstić information content (AvgIpc) is 4.02. The quantitative estimate of drug-likeness (QED) is 0.161. The number of aromatic nitrogens is 8. The molecule has 0 amide bonds. The van der Waals surface area contributed by atoms with Gasteiger partial charge >= 0.3 is 7.12 Å². The first-order valence-electron chi connectivity index (χ1n) is 20.8. The molecule has 20 heteroatoms. The zero-order valence-electron chi connectivity index (χ0n) is 37.1. The van der Waals surface area contributed by atoms with Gasteiger partial charge in [-0.25, -0.2) is 13.2 Å². The van der Waals surface area contributed by atoms with E-state index in [2.05, 4.69) is 57.1 Å². The predicted molar refractivity (Wildman–Crippen MR) is 250 cm³/mol. The van der Waals surface area contributed by atoms with E-state index >= 15 is 0 Å². The van der Waals surface area contributed by atoms with Crippen molar-refractivity contribution in [3.05, 3.63) is 128 Å². The second-order valence-corrected chi connectivity index (χ2v) is 18.8. The summed E-state index contributed by atoms with van der Waals surface area (Å²) in [7, 11) is 4.79. The Hall–Kier alpha value is -5.06. The Morgan fingerprint density at radius 1 is 0.606 bits per heavy atom. The maximum atomic E-state index is 14.3. The van der Waals surface area contributed by atoms with E-state index in [0.29, 0.717) is 52.5 Å². The van der Waals surface area contributed by atoms with E-state index in [9.17, 15) is 23.4 Å². The molecule has 0 saturated carbocycles. The van der Waals surface area contributed by atoms with Crippen molar-refractivity contribution < 1.29 is 42.2 Å². The minimum absolute atomic E-state index is 0.243. The molecule has 2 atom stereocenters. The number of halogens is 5. The molecule has 3 aliphatic heterocycles. The molecule has 344 valence electrons. The largest absolute Gasteiger partial charge is 0.495 e. The lowest BCUT2D eigenvalue weighted by Crippen LogP contribution is -2.41. The number of nitrogens with zero attached hydrogens (tertiary/aromatic N) is 8. The van der Waals surface area contributed by atoms with Gasteiger partial charge in [-0.2, -0.15) is 15.3 Å². The third-order valence-electron chi connectivity index (χ3n) is 12.2. The van der Waals surface area contributed by atoms with Crippen molar-refractivity contribution in [3.63, 3.8) is 0 Å². The molecule has 3 aliphatic rings. The summed E-state index contributed by atoms with van der Waals surface area (Å²) < 4.78 is 70.7. The maximum Gasteiger partial charge on any atom is 0.495 e. The number of ether oxygens (including phenoxy) is 2. The van der Waals surface area contributed by atoms with Crippen LogP contribution in [0.15, 0.2) is 88.7 Å². The third-order valence-corrected chi connectivity index (χ3v) is 13.3. The number of hydrogen-bond donors (Lipinski definition) is 2. The fourth-order valence-electron chi connectivity index (χ4n) is 7.72. The minimum atomic E-state index is -0.693. The Labute approximate surface area is 395 Å². The van der Waals surface area contributed by atoms with Crippen molar-refractivity contribution in [2.24, 2.45) is 21.1 Å². The van der Waals surface area contributed by atoms with Gasteiger partial charge in [-0.15, -0.1) is 0 Å². The lowest BCUT2D eigenvalue weighted by Gasteiger charge is -2.32. The Balaban J connectivity index is 0.000000124. The van der Waals surface area contributed by atoms with Crippen molar-refractivity contribution in [3.8, 4) is 11.1 Å². The van der Waals surface area contributed by atoms with Crippen LogP contribution in [0.4, 0.5) is 13.2 Å². The summed E-state index contributed by atoms with van der Waals surface area (Å²) >= 11 is 6.58. The molecule has 8 heterocycles. The number of benzene rings is 3. The molecule has 1 fully saturated rings. The normalized spacial score (nSPS) is 18.2. The molecule has 0 aliphatic carbocycles. The van der Waals surface area contributed by atoms with Gasteiger partial charge in [0.25, 0.3) is 0 Å². The van der Waals surface area contributed by atoms with Gasteiger partial charge < -0.3 is 29.0 Å². The van der Waals surface area contributed by atoms with Gasteiger partial charge in [-0.05, 0) is 96.6 Å². The monoisotopic (exact) mass is 1030 g/mol. The summed E-state index contributed by atoms with van der Waals surface area (Å²) in [6.07, 6.45) is 10.1. The Morgan fingerprint density at radius 2 is 1.08 bits per heavy atom. The summed E-state index contributed by atoms with van der Waals surface area (Å²) in [5, 5.41) is 33.2. The SMILES string of the molecule is Cn1ncc2c(F)cc(-c3cncc4c3COCC4O)cc21.Cn1ncc2c(F)cc(B3OC(C)(C)C(C)(C)O3)cc21.Cn1ncc2c(F)cc(Br)cc21.OC1COCc2c(Br)cncc21. The van der Waals surface area contributed by atoms with E-state index in [1.165, 1.54) is 36.8 Å². The highest BCUT2D eigenvalue weighted by molar-refractivity contribution is 9.10. The van der Waals surface area contributed by atoms with Gasteiger partial charge in [0.15, 0.2) is 0 Å². The maximum absolute atomic E-state index is 14.3. The summed E-state index contributed by atoms with van der Waals surface area (Å²) in [5.74, 6) is -0.872. The molecule has 2 N–H and O–H groups in total. The Bertz CT molecular complexity index is 3080. The number of hydrogen-bond acceptors (Lipinski definition) is 11. The molecule has 3 aromatic carbocycles. The van der Waals surface area contributed by atoms with Crippen LogP contribution in [0.1, 0.15) is 62.2 Å². The molecule has 14 nitrogen and oxygen atoms in total. The molecule has 8 aromatic rings. The number of aliphatic hydroxyl groups excluding tert-OH is 2. The van der Waals surface area contributed by atoms with E-state index in [1.54, 1.807) is 60.0 Å². The van der Waals surface area contributed by atoms with Crippen molar-refractivity contribution >= 4 is 77.1 Å². The van der Waals surface area contributed by atoms with Crippen molar-refractivity contribution in [2.75, 3.05) is 13.2 Å². The zero-order chi connectivity index (χ0) is 47.2. The van der Waals surface area contributed by atoms with Crippen LogP contribution in [-0.4, -0.2) is 81.1 Å². The van der Waals surface area contributed by atoms with E-state index in [1.807, 2.05) is 45.9 Å². The first kappa shape index (κ1) is 47.4. The van der Waals surface area contributed by atoms with Crippen LogP contribution in [0, 0.1) is 17.5 Å². The third kappa shape index (κ3) is 9.42. The molecular weight excluding hydrogens is 988 g/mol. The van der Waals surface area contributed by atoms with Gasteiger partial charge in [0.1, 0.15) is 29.7 Å². The molecule has 66 heavy (non-hydrogen) atoms. The van der Waals surface area contributed by atoms with Crippen LogP contribution in [0.3, 0.4) is 0 Å². The van der Waals surface area contributed by atoms with Gasteiger partial charge in [0.2, 0.25) is 0 Å². The summed E-state index contributed by atoms with van der Waals surface area (Å²) in [4.78, 5) is 8.17. The van der Waals surface area contributed by atoms with Gasteiger partial charge in [0, 0.05) is 77.1 Å². The van der Waals surface area contributed by atoms with Crippen molar-refractivity contribution in [1.29, 1.82) is 0 Å². The fraction of sp³-hybridized carbons (Fsp3) is 0.326. The Morgan fingerprint density at radius 3 is 1.64 bits per heavy atom. The summed E-state index contributed by atoms with van der Waals surface area (Å²) in [5.41, 5.74) is 7.00. The highest BCUT2D eigenvalue weighted by Gasteiger charge is 2.52. The zero-order valence-corrected chi connectivity index (χ0v) is 40.2. The van der Waals surface area contributed by atoms with Crippen LogP contribution >= 0.6 is 31.9 Å². The van der Waals surface area contributed by atoms with Crippen molar-refractivity contribution in [2.45, 2.75) is 64.3 Å². The lowest BCUT2D eigenvalue weighted by atomic mass is 9.78. The average molecular weight is 1030 g/mol. The Kier molecular flexibility index (Phi) is 13.6. The smallest absolute Gasteiger partial charge is 0.399 e. The predicted octanol–water partition coefficient (Wildman–Crippen LogP) is 8.23. The topological polar surface area (TPSA) is 157 Å². The molecule has 1 saturated heterocycles. The molecule has 5 aromatic heterocycles.